The van der Waals surface area contributed by atoms with E-state index in [4.69, 9.17) is 23.9 Å². The molecule has 4 atom stereocenters. The molecule has 0 N–H and O–H groups in total. The number of nitrogens with zero attached hydrogens (tertiary/aromatic N) is 5. The number of fused-ring (bicyclic) bond motifs is 1. The van der Waals surface area contributed by atoms with Crippen LogP contribution in [0.5, 0.6) is 0 Å². The van der Waals surface area contributed by atoms with Crippen molar-refractivity contribution in [3.05, 3.63) is 198 Å². The van der Waals surface area contributed by atoms with Crippen molar-refractivity contribution in [2.24, 2.45) is 4.99 Å². The average Bonchev–Trinajstić information content (AvgIpc) is 3.87. The first-order valence-electron chi connectivity index (χ1n) is 18.4. The number of hydrogen-bond donors (Lipinski definition) is 0. The summed E-state index contributed by atoms with van der Waals surface area (Å²) in [5, 5.41) is 0. The summed E-state index contributed by atoms with van der Waals surface area (Å²) in [5.41, 5.74) is 2.72. The van der Waals surface area contributed by atoms with Gasteiger partial charge in [0, 0.05) is 5.56 Å². The lowest BCUT2D eigenvalue weighted by Crippen LogP contribution is -2.41. The highest BCUT2D eigenvalue weighted by molar-refractivity contribution is 5.95. The molecule has 7 aromatic rings. The minimum Gasteiger partial charge on any atom is -0.459 e. The van der Waals surface area contributed by atoms with Crippen LogP contribution in [0.15, 0.2) is 169 Å². The molecule has 0 saturated carbocycles. The van der Waals surface area contributed by atoms with Crippen molar-refractivity contribution in [1.29, 1.82) is 0 Å². The fraction of sp³-hybridized carbons (Fsp3) is 0.133. The normalized spacial score (nSPS) is 17.8. The van der Waals surface area contributed by atoms with E-state index >= 15 is 0 Å². The van der Waals surface area contributed by atoms with Crippen molar-refractivity contribution >= 4 is 35.0 Å². The monoisotopic (exact) mass is 773 g/mol. The van der Waals surface area contributed by atoms with Crippen molar-refractivity contribution < 1.29 is 38.1 Å². The molecule has 2 aromatic heterocycles. The van der Waals surface area contributed by atoms with Gasteiger partial charge in [-0.25, -0.2) is 24.4 Å². The molecule has 288 valence electrons. The summed E-state index contributed by atoms with van der Waals surface area (Å²) in [4.78, 5) is 68.1. The Hall–Kier alpha value is -7.51. The van der Waals surface area contributed by atoms with Gasteiger partial charge in [0.05, 0.1) is 35.9 Å². The summed E-state index contributed by atoms with van der Waals surface area (Å²) < 4.78 is 28.0. The zero-order valence-corrected chi connectivity index (χ0v) is 30.8. The molecule has 0 radical (unpaired) electrons. The highest BCUT2D eigenvalue weighted by Gasteiger charge is 2.52. The van der Waals surface area contributed by atoms with Gasteiger partial charge in [0.2, 0.25) is 0 Å². The number of amides is 1. The molecule has 0 bridgehead atoms. The van der Waals surface area contributed by atoms with Crippen LogP contribution in [-0.4, -0.2) is 67.8 Å². The van der Waals surface area contributed by atoms with Gasteiger partial charge >= 0.3 is 17.9 Å². The van der Waals surface area contributed by atoms with Crippen LogP contribution in [0.25, 0.3) is 11.2 Å². The summed E-state index contributed by atoms with van der Waals surface area (Å²) in [5.74, 6) is -2.65. The average molecular weight is 774 g/mol. The van der Waals surface area contributed by atoms with E-state index in [2.05, 4.69) is 9.98 Å². The van der Waals surface area contributed by atoms with Gasteiger partial charge in [-0.3, -0.25) is 9.36 Å². The van der Waals surface area contributed by atoms with E-state index in [1.54, 1.807) is 137 Å². The summed E-state index contributed by atoms with van der Waals surface area (Å²) in [7, 11) is 0. The van der Waals surface area contributed by atoms with Crippen LogP contribution < -0.4 is 5.49 Å². The van der Waals surface area contributed by atoms with E-state index < -0.39 is 48.4 Å². The molecule has 1 fully saturated rings. The lowest BCUT2D eigenvalue weighted by Gasteiger charge is -2.25. The van der Waals surface area contributed by atoms with Crippen LogP contribution in [0.2, 0.25) is 0 Å². The van der Waals surface area contributed by atoms with Crippen molar-refractivity contribution in [3.63, 3.8) is 0 Å². The Balaban J connectivity index is 1.26. The predicted molar refractivity (Wildman–Crippen MR) is 209 cm³/mol. The summed E-state index contributed by atoms with van der Waals surface area (Å²) in [6, 6.07) is 43.2. The van der Waals surface area contributed by atoms with Crippen molar-refractivity contribution in [2.75, 3.05) is 6.61 Å². The predicted octanol–water partition coefficient (Wildman–Crippen LogP) is 6.23. The van der Waals surface area contributed by atoms with Crippen LogP contribution >= 0.6 is 0 Å². The van der Waals surface area contributed by atoms with Crippen LogP contribution in [0.1, 0.15) is 53.2 Å². The third kappa shape index (κ3) is 8.20. The fourth-order valence-electron chi connectivity index (χ4n) is 6.61. The number of esters is 3. The molecule has 1 amide bonds. The van der Waals surface area contributed by atoms with Crippen LogP contribution in [-0.2, 0) is 25.5 Å². The summed E-state index contributed by atoms with van der Waals surface area (Å²) in [6.45, 7) is -0.0272. The van der Waals surface area contributed by atoms with Crippen molar-refractivity contribution in [1.82, 2.24) is 19.1 Å². The van der Waals surface area contributed by atoms with Gasteiger partial charge in [0.15, 0.2) is 29.6 Å². The number of ether oxygens (including phenoxy) is 4. The SMILES string of the molecule is O=C(N=c1ncn(Cc2ccccc2)c2ncn(C3OC(COC(=O)c4ccccc4)C(OC(=O)c4ccccc4)C3OC(=O)c3ccccc3)c12)c1ccccc1. The highest BCUT2D eigenvalue weighted by atomic mass is 16.7. The fourth-order valence-corrected chi connectivity index (χ4v) is 6.61. The Labute approximate surface area is 331 Å². The lowest BCUT2D eigenvalue weighted by atomic mass is 10.1. The van der Waals surface area contributed by atoms with Gasteiger partial charge < -0.3 is 23.5 Å². The second-order valence-electron chi connectivity index (χ2n) is 13.3. The molecule has 13 nitrogen and oxygen atoms in total. The van der Waals surface area contributed by atoms with Gasteiger partial charge in [0.1, 0.15) is 18.2 Å². The molecule has 3 heterocycles. The first-order valence-corrected chi connectivity index (χ1v) is 18.4. The van der Waals surface area contributed by atoms with E-state index in [0.717, 1.165) is 5.56 Å². The minimum atomic E-state index is -1.35. The van der Waals surface area contributed by atoms with E-state index in [9.17, 15) is 19.2 Å². The third-order valence-corrected chi connectivity index (χ3v) is 9.45. The van der Waals surface area contributed by atoms with Gasteiger partial charge in [-0.15, -0.1) is 0 Å². The van der Waals surface area contributed by atoms with Gasteiger partial charge in [0.25, 0.3) is 5.91 Å². The third-order valence-electron chi connectivity index (χ3n) is 9.45. The first kappa shape index (κ1) is 37.4. The molecule has 8 rings (SSSR count). The van der Waals surface area contributed by atoms with Crippen LogP contribution in [0.3, 0.4) is 0 Å². The molecule has 0 aliphatic carbocycles. The quantitative estimate of drug-likeness (QED) is 0.109. The van der Waals surface area contributed by atoms with E-state index in [0.29, 0.717) is 23.3 Å². The Bertz CT molecular complexity index is 2620. The molecule has 1 aliphatic rings. The zero-order valence-electron chi connectivity index (χ0n) is 30.8. The second-order valence-corrected chi connectivity index (χ2v) is 13.3. The van der Waals surface area contributed by atoms with Gasteiger partial charge in [-0.05, 0) is 54.1 Å². The molecule has 13 heteroatoms. The van der Waals surface area contributed by atoms with Gasteiger partial charge in [-0.1, -0.05) is 103 Å². The Morgan fingerprint density at radius 2 is 1.09 bits per heavy atom. The molecule has 0 spiro atoms. The maximum absolute atomic E-state index is 13.9. The van der Waals surface area contributed by atoms with Crippen molar-refractivity contribution in [3.8, 4) is 0 Å². The number of carbonyl (C=O) groups excluding carboxylic acids is 4. The largest absolute Gasteiger partial charge is 0.459 e. The van der Waals surface area contributed by atoms with E-state index in [-0.39, 0.29) is 28.7 Å². The molecule has 1 saturated heterocycles. The minimum absolute atomic E-state index is 0.0131. The Morgan fingerprint density at radius 1 is 0.586 bits per heavy atom. The maximum atomic E-state index is 13.9. The molecular formula is C45H35N5O8. The van der Waals surface area contributed by atoms with Crippen LogP contribution in [0, 0.1) is 0 Å². The van der Waals surface area contributed by atoms with Crippen molar-refractivity contribution in [2.45, 2.75) is 31.1 Å². The lowest BCUT2D eigenvalue weighted by molar-refractivity contribution is -0.0605. The van der Waals surface area contributed by atoms with Gasteiger partial charge in [-0.2, -0.15) is 4.99 Å². The molecule has 4 unspecified atom stereocenters. The number of hydrogen-bond acceptors (Lipinski definition) is 10. The molecular weight excluding hydrogens is 739 g/mol. The van der Waals surface area contributed by atoms with E-state index in [1.165, 1.54) is 6.33 Å². The number of rotatable bonds is 11. The highest BCUT2D eigenvalue weighted by Crippen LogP contribution is 2.37. The standard InChI is InChI=1S/C45H35N5O8/c51-41(31-18-8-2-9-19-31)48-39-36-40(49(28-46-39)26-30-16-6-1-7-17-30)47-29-50(36)42-38(58-45(54)34-24-14-5-15-25-34)37(57-44(53)33-22-12-4-13-23-33)35(56-42)27-55-43(52)32-20-10-3-11-21-32/h1-25,28-29,35,37-38,42H,26-27H2. The summed E-state index contributed by atoms with van der Waals surface area (Å²) >= 11 is 0. The van der Waals surface area contributed by atoms with E-state index in [1.807, 2.05) is 30.3 Å². The number of imidazole rings is 1. The number of benzene rings is 5. The topological polar surface area (TPSA) is 153 Å². The second kappa shape index (κ2) is 17.1. The zero-order chi connectivity index (χ0) is 39.8. The Kier molecular flexibility index (Phi) is 11.0. The number of carbonyl (C=O) groups is 4. The smallest absolute Gasteiger partial charge is 0.338 e. The van der Waals surface area contributed by atoms with Crippen LogP contribution in [0.4, 0.5) is 0 Å². The number of aromatic nitrogens is 4. The maximum Gasteiger partial charge on any atom is 0.338 e. The Morgan fingerprint density at radius 3 is 1.66 bits per heavy atom. The molecule has 1 aliphatic heterocycles. The summed E-state index contributed by atoms with van der Waals surface area (Å²) in [6.07, 6.45) is -2.08. The molecule has 58 heavy (non-hydrogen) atoms. The first-order chi connectivity index (χ1) is 28.4. The molecule has 5 aromatic carbocycles.